The molecule has 0 fully saturated rings. The predicted octanol–water partition coefficient (Wildman–Crippen LogP) is 17.1. The normalized spacial score (nSPS) is 12.7. The Hall–Kier alpha value is -8.46. The summed E-state index contributed by atoms with van der Waals surface area (Å²) in [4.78, 5) is 2.46. The van der Waals surface area contributed by atoms with E-state index in [2.05, 4.69) is 254 Å². The number of para-hydroxylation sites is 1. The number of hydrogen-bond acceptors (Lipinski definition) is 2. The van der Waals surface area contributed by atoms with Crippen molar-refractivity contribution < 1.29 is 4.42 Å². The molecule has 2 nitrogen and oxygen atoms in total. The molecule has 2 heteroatoms. The van der Waals surface area contributed by atoms with E-state index in [1.165, 1.54) is 66.1 Å². The van der Waals surface area contributed by atoms with Crippen molar-refractivity contribution in [3.63, 3.8) is 0 Å². The minimum absolute atomic E-state index is 0.544. The molecule has 1 aromatic heterocycles. The molecule has 12 aromatic rings. The Balaban J connectivity index is 1.07. The van der Waals surface area contributed by atoms with Gasteiger partial charge in [-0.15, -0.1) is 0 Å². The molecule has 65 heavy (non-hydrogen) atoms. The summed E-state index contributed by atoms with van der Waals surface area (Å²) in [6.45, 7) is 0. The van der Waals surface area contributed by atoms with Crippen molar-refractivity contribution in [1.82, 2.24) is 0 Å². The van der Waals surface area contributed by atoms with E-state index in [4.69, 9.17) is 4.42 Å². The largest absolute Gasteiger partial charge is 0.456 e. The van der Waals surface area contributed by atoms with Crippen LogP contribution in [0, 0.1) is 0 Å². The molecular weight excluding hydrogens is 787 g/mol. The Morgan fingerprint density at radius 3 is 1.68 bits per heavy atom. The van der Waals surface area contributed by atoms with Crippen LogP contribution in [-0.4, -0.2) is 0 Å². The lowest BCUT2D eigenvalue weighted by molar-refractivity contribution is 0.669. The van der Waals surface area contributed by atoms with Gasteiger partial charge < -0.3 is 9.32 Å². The molecule has 1 aliphatic rings. The Kier molecular flexibility index (Phi) is 8.47. The lowest BCUT2D eigenvalue weighted by Crippen LogP contribution is -2.28. The van der Waals surface area contributed by atoms with E-state index < -0.39 is 5.41 Å². The predicted molar refractivity (Wildman–Crippen MR) is 272 cm³/mol. The fraction of sp³-hybridized carbons (Fsp3) is 0.0159. The molecule has 0 spiro atoms. The van der Waals surface area contributed by atoms with Crippen LogP contribution in [0.2, 0.25) is 0 Å². The maximum atomic E-state index is 6.65. The van der Waals surface area contributed by atoms with Crippen molar-refractivity contribution in [2.75, 3.05) is 4.90 Å². The van der Waals surface area contributed by atoms with Crippen molar-refractivity contribution in [3.8, 4) is 33.4 Å². The average molecular weight is 828 g/mol. The zero-order valence-corrected chi connectivity index (χ0v) is 35.5. The highest BCUT2D eigenvalue weighted by Crippen LogP contribution is 2.57. The highest BCUT2D eigenvalue weighted by atomic mass is 16.3. The average Bonchev–Trinajstić information content (AvgIpc) is 3.89. The maximum absolute atomic E-state index is 6.65. The standard InChI is InChI=1S/C63H41NO/c1-3-21-46(22-4-1)63(47-23-5-2-6-24-47)57-30-13-11-26-52(57)53-38-37-49(41-58(53)63)64(48-35-33-43(34-36-48)51-28-15-20-42-17-9-10-25-50(42)51)59-31-14-12-27-54(59)55-29-16-32-60-62(55)56-39-44-18-7-8-19-45(44)40-61(56)65-60/h1-41H. The zero-order valence-electron chi connectivity index (χ0n) is 35.5. The van der Waals surface area contributed by atoms with Gasteiger partial charge in [0.25, 0.3) is 0 Å². The molecule has 0 aliphatic heterocycles. The Labute approximate surface area is 377 Å². The molecule has 0 radical (unpaired) electrons. The Morgan fingerprint density at radius 1 is 0.323 bits per heavy atom. The lowest BCUT2D eigenvalue weighted by Gasteiger charge is -2.35. The van der Waals surface area contributed by atoms with Crippen LogP contribution in [0.3, 0.4) is 0 Å². The molecule has 1 heterocycles. The van der Waals surface area contributed by atoms with Gasteiger partial charge in [-0.1, -0.05) is 200 Å². The molecule has 0 bridgehead atoms. The van der Waals surface area contributed by atoms with Gasteiger partial charge in [-0.2, -0.15) is 0 Å². The molecule has 0 atom stereocenters. The number of benzene rings is 11. The van der Waals surface area contributed by atoms with Crippen LogP contribution in [-0.2, 0) is 5.41 Å². The first-order valence-corrected chi connectivity index (χ1v) is 22.4. The van der Waals surface area contributed by atoms with E-state index in [-0.39, 0.29) is 0 Å². The van der Waals surface area contributed by atoms with Crippen molar-refractivity contribution in [3.05, 3.63) is 271 Å². The van der Waals surface area contributed by atoms with Gasteiger partial charge in [-0.05, 0) is 120 Å². The minimum Gasteiger partial charge on any atom is -0.456 e. The van der Waals surface area contributed by atoms with Crippen molar-refractivity contribution in [2.24, 2.45) is 0 Å². The molecule has 0 amide bonds. The van der Waals surface area contributed by atoms with E-state index in [0.29, 0.717) is 0 Å². The van der Waals surface area contributed by atoms with E-state index in [1.807, 2.05) is 0 Å². The third kappa shape index (κ3) is 5.74. The van der Waals surface area contributed by atoms with Crippen molar-refractivity contribution in [1.29, 1.82) is 0 Å². The Bertz CT molecular complexity index is 3730. The fourth-order valence-corrected chi connectivity index (χ4v) is 10.9. The van der Waals surface area contributed by atoms with Gasteiger partial charge in [-0.3, -0.25) is 0 Å². The summed E-state index contributed by atoms with van der Waals surface area (Å²) in [5.41, 5.74) is 16.6. The first-order valence-electron chi connectivity index (χ1n) is 22.4. The fourth-order valence-electron chi connectivity index (χ4n) is 10.9. The number of nitrogens with zero attached hydrogens (tertiary/aromatic N) is 1. The molecule has 0 saturated heterocycles. The quantitative estimate of drug-likeness (QED) is 0.159. The zero-order chi connectivity index (χ0) is 42.9. The molecule has 0 saturated carbocycles. The number of furan rings is 1. The maximum Gasteiger partial charge on any atom is 0.136 e. The molecule has 0 unspecified atom stereocenters. The van der Waals surface area contributed by atoms with E-state index in [1.54, 1.807) is 0 Å². The van der Waals surface area contributed by atoms with Gasteiger partial charge in [0.15, 0.2) is 0 Å². The van der Waals surface area contributed by atoms with Crippen LogP contribution in [0.25, 0.3) is 76.9 Å². The lowest BCUT2D eigenvalue weighted by atomic mass is 9.67. The van der Waals surface area contributed by atoms with Crippen LogP contribution < -0.4 is 4.90 Å². The highest BCUT2D eigenvalue weighted by Gasteiger charge is 2.46. The van der Waals surface area contributed by atoms with Gasteiger partial charge in [-0.25, -0.2) is 0 Å². The number of anilines is 3. The summed E-state index contributed by atoms with van der Waals surface area (Å²) in [6.07, 6.45) is 0. The van der Waals surface area contributed by atoms with Gasteiger partial charge in [0, 0.05) is 27.7 Å². The monoisotopic (exact) mass is 827 g/mol. The summed E-state index contributed by atoms with van der Waals surface area (Å²) in [5.74, 6) is 0. The number of hydrogen-bond donors (Lipinski definition) is 0. The molecule has 11 aromatic carbocycles. The Morgan fingerprint density at radius 2 is 0.892 bits per heavy atom. The van der Waals surface area contributed by atoms with Crippen LogP contribution in [0.4, 0.5) is 17.1 Å². The van der Waals surface area contributed by atoms with Crippen LogP contribution in [0.15, 0.2) is 253 Å². The first-order chi connectivity index (χ1) is 32.2. The van der Waals surface area contributed by atoms with Gasteiger partial charge in [0.05, 0.1) is 11.1 Å². The van der Waals surface area contributed by atoms with Gasteiger partial charge in [0.1, 0.15) is 11.2 Å². The first kappa shape index (κ1) is 37.1. The van der Waals surface area contributed by atoms with Crippen LogP contribution in [0.5, 0.6) is 0 Å². The minimum atomic E-state index is -0.544. The topological polar surface area (TPSA) is 16.4 Å². The molecule has 1 aliphatic carbocycles. The molecular formula is C63H41NO. The van der Waals surface area contributed by atoms with Crippen LogP contribution in [0.1, 0.15) is 22.3 Å². The second kappa shape index (κ2) is 14.8. The van der Waals surface area contributed by atoms with Crippen molar-refractivity contribution in [2.45, 2.75) is 5.41 Å². The summed E-state index contributed by atoms with van der Waals surface area (Å²) in [6, 6.07) is 90.9. The smallest absolute Gasteiger partial charge is 0.136 e. The number of rotatable bonds is 7. The second-order valence-corrected chi connectivity index (χ2v) is 17.2. The highest BCUT2D eigenvalue weighted by molar-refractivity contribution is 6.16. The number of fused-ring (bicyclic) bond motifs is 8. The summed E-state index contributed by atoms with van der Waals surface area (Å²) in [7, 11) is 0. The van der Waals surface area contributed by atoms with Gasteiger partial charge in [0.2, 0.25) is 0 Å². The van der Waals surface area contributed by atoms with E-state index in [0.717, 1.165) is 50.1 Å². The second-order valence-electron chi connectivity index (χ2n) is 17.2. The third-order valence-electron chi connectivity index (χ3n) is 13.7. The molecule has 304 valence electrons. The van der Waals surface area contributed by atoms with Crippen molar-refractivity contribution >= 4 is 60.5 Å². The van der Waals surface area contributed by atoms with Gasteiger partial charge >= 0.3 is 0 Å². The molecule has 0 N–H and O–H groups in total. The summed E-state index contributed by atoms with van der Waals surface area (Å²) >= 11 is 0. The summed E-state index contributed by atoms with van der Waals surface area (Å²) < 4.78 is 6.65. The van der Waals surface area contributed by atoms with E-state index in [9.17, 15) is 0 Å². The van der Waals surface area contributed by atoms with Crippen LogP contribution >= 0.6 is 0 Å². The molecule has 13 rings (SSSR count). The third-order valence-corrected chi connectivity index (χ3v) is 13.7. The van der Waals surface area contributed by atoms with E-state index >= 15 is 0 Å². The SMILES string of the molecule is c1ccc(C2(c3ccccc3)c3ccccc3-c3ccc(N(c4ccc(-c5cccc6ccccc56)cc4)c4ccccc4-c4cccc5oc6cc7ccccc7cc6c45)cc32)cc1. The summed E-state index contributed by atoms with van der Waals surface area (Å²) in [5, 5.41) is 7.06.